The van der Waals surface area contributed by atoms with Crippen molar-refractivity contribution in [3.8, 4) is 0 Å². The van der Waals surface area contributed by atoms with Gasteiger partial charge in [0.05, 0.1) is 6.10 Å². The standard InChI is InChI=1S/C12H20N4O4S/c1-8-13-12(20-14-8)10-6-9-4-5-16(7-11(9)19-10)21(17,18)15(2)3/h9-11H,4-7H2,1-3H3/t9-,10+,11-/m0/s1. The molecule has 3 atom stereocenters. The van der Waals surface area contributed by atoms with E-state index >= 15 is 0 Å². The van der Waals surface area contributed by atoms with E-state index in [0.29, 0.717) is 30.7 Å². The Labute approximate surface area is 124 Å². The van der Waals surface area contributed by atoms with Crippen molar-refractivity contribution >= 4 is 10.2 Å². The van der Waals surface area contributed by atoms with Gasteiger partial charge in [-0.25, -0.2) is 0 Å². The summed E-state index contributed by atoms with van der Waals surface area (Å²) in [7, 11) is -0.296. The first kappa shape index (κ1) is 14.9. The summed E-state index contributed by atoms with van der Waals surface area (Å²) in [6.07, 6.45) is 1.28. The lowest BCUT2D eigenvalue weighted by molar-refractivity contribution is -0.00269. The smallest absolute Gasteiger partial charge is 0.281 e. The van der Waals surface area contributed by atoms with Gasteiger partial charge in [0.25, 0.3) is 16.1 Å². The SMILES string of the molecule is Cc1noc([C@H]2C[C@@H]3CCN(S(=O)(=O)N(C)C)C[C@@H]3O2)n1. The first-order valence-electron chi connectivity index (χ1n) is 7.01. The number of ether oxygens (including phenoxy) is 1. The van der Waals surface area contributed by atoms with Gasteiger partial charge in [-0.3, -0.25) is 0 Å². The number of nitrogens with zero attached hydrogens (tertiary/aromatic N) is 4. The van der Waals surface area contributed by atoms with Crippen LogP contribution in [0.25, 0.3) is 0 Å². The molecule has 2 fully saturated rings. The van der Waals surface area contributed by atoms with E-state index in [9.17, 15) is 8.42 Å². The van der Waals surface area contributed by atoms with Crippen molar-refractivity contribution in [1.29, 1.82) is 0 Å². The Bertz CT molecular complexity index is 615. The van der Waals surface area contributed by atoms with E-state index in [1.807, 2.05) is 0 Å². The molecule has 0 aliphatic carbocycles. The van der Waals surface area contributed by atoms with Gasteiger partial charge >= 0.3 is 0 Å². The molecule has 0 radical (unpaired) electrons. The maximum atomic E-state index is 12.2. The number of aryl methyl sites for hydroxylation is 1. The normalized spacial score (nSPS) is 30.8. The van der Waals surface area contributed by atoms with E-state index in [1.54, 1.807) is 21.0 Å². The van der Waals surface area contributed by atoms with Gasteiger partial charge in [-0.2, -0.15) is 22.0 Å². The van der Waals surface area contributed by atoms with Gasteiger partial charge in [-0.15, -0.1) is 0 Å². The van der Waals surface area contributed by atoms with Crippen LogP contribution in [0.15, 0.2) is 4.52 Å². The Morgan fingerprint density at radius 2 is 2.14 bits per heavy atom. The molecule has 2 saturated heterocycles. The van der Waals surface area contributed by atoms with Gasteiger partial charge < -0.3 is 9.26 Å². The Balaban J connectivity index is 1.70. The van der Waals surface area contributed by atoms with Crippen molar-refractivity contribution < 1.29 is 17.7 Å². The lowest BCUT2D eigenvalue weighted by Gasteiger charge is -2.34. The van der Waals surface area contributed by atoms with Crippen LogP contribution in [0.4, 0.5) is 0 Å². The highest BCUT2D eigenvalue weighted by Crippen LogP contribution is 2.40. The molecule has 2 aliphatic rings. The Kier molecular flexibility index (Phi) is 3.76. The molecule has 3 rings (SSSR count). The molecule has 0 unspecified atom stereocenters. The third-order valence-electron chi connectivity index (χ3n) is 4.12. The molecule has 21 heavy (non-hydrogen) atoms. The molecule has 1 aromatic rings. The second kappa shape index (κ2) is 5.31. The van der Waals surface area contributed by atoms with E-state index in [1.165, 1.54) is 8.61 Å². The van der Waals surface area contributed by atoms with Crippen molar-refractivity contribution in [2.75, 3.05) is 27.2 Å². The van der Waals surface area contributed by atoms with Crippen LogP contribution < -0.4 is 0 Å². The van der Waals surface area contributed by atoms with Crippen molar-refractivity contribution in [3.05, 3.63) is 11.7 Å². The van der Waals surface area contributed by atoms with E-state index in [0.717, 1.165) is 12.8 Å². The molecule has 0 amide bonds. The quantitative estimate of drug-likeness (QED) is 0.799. The van der Waals surface area contributed by atoms with Crippen molar-refractivity contribution in [3.63, 3.8) is 0 Å². The molecule has 3 heterocycles. The molecule has 1 aromatic heterocycles. The van der Waals surface area contributed by atoms with E-state index in [2.05, 4.69) is 10.1 Å². The zero-order valence-electron chi connectivity index (χ0n) is 12.4. The van der Waals surface area contributed by atoms with Crippen molar-refractivity contribution in [2.24, 2.45) is 5.92 Å². The average Bonchev–Trinajstić information content (AvgIpc) is 3.03. The van der Waals surface area contributed by atoms with E-state index < -0.39 is 10.2 Å². The van der Waals surface area contributed by atoms with Crippen LogP contribution in [0.2, 0.25) is 0 Å². The molecule has 2 aliphatic heterocycles. The summed E-state index contributed by atoms with van der Waals surface area (Å²) in [6.45, 7) is 2.68. The average molecular weight is 316 g/mol. The lowest BCUT2D eigenvalue weighted by atomic mass is 9.93. The second-order valence-electron chi connectivity index (χ2n) is 5.78. The first-order valence-corrected chi connectivity index (χ1v) is 8.41. The molecule has 9 heteroatoms. The van der Waals surface area contributed by atoms with Crippen LogP contribution in [0, 0.1) is 12.8 Å². The van der Waals surface area contributed by atoms with Gasteiger partial charge in [-0.05, 0) is 25.7 Å². The van der Waals surface area contributed by atoms with Crippen molar-refractivity contribution in [1.82, 2.24) is 18.8 Å². The van der Waals surface area contributed by atoms with E-state index in [-0.39, 0.29) is 12.2 Å². The van der Waals surface area contributed by atoms with Crippen LogP contribution in [-0.2, 0) is 14.9 Å². The van der Waals surface area contributed by atoms with Crippen LogP contribution in [-0.4, -0.2) is 60.5 Å². The summed E-state index contributed by atoms with van der Waals surface area (Å²) in [5.41, 5.74) is 0. The fourth-order valence-electron chi connectivity index (χ4n) is 2.95. The zero-order valence-corrected chi connectivity index (χ0v) is 13.2. The molecular weight excluding hydrogens is 296 g/mol. The topological polar surface area (TPSA) is 88.8 Å². The summed E-state index contributed by atoms with van der Waals surface area (Å²) >= 11 is 0. The van der Waals surface area contributed by atoms with Gasteiger partial charge in [-0.1, -0.05) is 5.16 Å². The largest absolute Gasteiger partial charge is 0.363 e. The van der Waals surface area contributed by atoms with Gasteiger partial charge in [0.1, 0.15) is 6.10 Å². The molecule has 118 valence electrons. The van der Waals surface area contributed by atoms with Crippen LogP contribution in [0.3, 0.4) is 0 Å². The zero-order chi connectivity index (χ0) is 15.2. The number of rotatable bonds is 3. The number of aromatic nitrogens is 2. The number of hydrogen-bond acceptors (Lipinski definition) is 6. The molecule has 0 aromatic carbocycles. The minimum atomic E-state index is -3.38. The Hall–Kier alpha value is -1.03. The summed E-state index contributed by atoms with van der Waals surface area (Å²) in [6, 6.07) is 0. The minimum Gasteiger partial charge on any atom is -0.363 e. The Morgan fingerprint density at radius 3 is 2.76 bits per heavy atom. The predicted octanol–water partition coefficient (Wildman–Crippen LogP) is 0.336. The molecule has 0 bridgehead atoms. The van der Waals surface area contributed by atoms with Crippen LogP contribution >= 0.6 is 0 Å². The number of piperidine rings is 1. The second-order valence-corrected chi connectivity index (χ2v) is 7.92. The van der Waals surface area contributed by atoms with Gasteiger partial charge in [0.2, 0.25) is 0 Å². The van der Waals surface area contributed by atoms with Crippen LogP contribution in [0.1, 0.15) is 30.7 Å². The summed E-state index contributed by atoms with van der Waals surface area (Å²) in [4.78, 5) is 4.20. The maximum absolute atomic E-state index is 12.2. The van der Waals surface area contributed by atoms with Crippen molar-refractivity contribution in [2.45, 2.75) is 32.0 Å². The Morgan fingerprint density at radius 1 is 1.38 bits per heavy atom. The van der Waals surface area contributed by atoms with Gasteiger partial charge in [0, 0.05) is 27.2 Å². The summed E-state index contributed by atoms with van der Waals surface area (Å²) in [5, 5.41) is 3.78. The highest BCUT2D eigenvalue weighted by Gasteiger charge is 2.44. The van der Waals surface area contributed by atoms with E-state index in [4.69, 9.17) is 9.26 Å². The number of hydrogen-bond donors (Lipinski definition) is 0. The fourth-order valence-corrected chi connectivity index (χ4v) is 4.08. The highest BCUT2D eigenvalue weighted by atomic mass is 32.2. The summed E-state index contributed by atoms with van der Waals surface area (Å²) < 4.78 is 38.2. The lowest BCUT2D eigenvalue weighted by Crippen LogP contribution is -2.49. The van der Waals surface area contributed by atoms with Crippen LogP contribution in [0.5, 0.6) is 0 Å². The molecular formula is C12H20N4O4S. The summed E-state index contributed by atoms with van der Waals surface area (Å²) in [5.74, 6) is 1.42. The third-order valence-corrected chi connectivity index (χ3v) is 6.03. The van der Waals surface area contributed by atoms with Gasteiger partial charge in [0.15, 0.2) is 5.82 Å². The molecule has 0 saturated carbocycles. The predicted molar refractivity (Wildman–Crippen MR) is 73.6 cm³/mol. The maximum Gasteiger partial charge on any atom is 0.281 e. The molecule has 0 spiro atoms. The minimum absolute atomic E-state index is 0.106. The monoisotopic (exact) mass is 316 g/mol. The third kappa shape index (κ3) is 2.70. The molecule has 0 N–H and O–H groups in total. The first-order chi connectivity index (χ1) is 9.88. The number of fused-ring (bicyclic) bond motifs is 1. The fraction of sp³-hybridized carbons (Fsp3) is 0.833. The molecule has 8 nitrogen and oxygen atoms in total. The highest BCUT2D eigenvalue weighted by molar-refractivity contribution is 7.86.